The van der Waals surface area contributed by atoms with E-state index in [0.717, 1.165) is 5.69 Å². The molecule has 1 saturated heterocycles. The molecule has 1 N–H and O–H groups in total. The first-order valence-corrected chi connectivity index (χ1v) is 8.63. The number of morpholine rings is 1. The summed E-state index contributed by atoms with van der Waals surface area (Å²) in [4.78, 5) is 26.8. The molecule has 0 aromatic heterocycles. The zero-order valence-electron chi connectivity index (χ0n) is 15.4. The number of nitrogens with one attached hydrogen (secondary N) is 1. The number of anilines is 2. The quantitative estimate of drug-likeness (QED) is 0.815. The number of methoxy groups -OCH3 is 2. The zero-order valence-corrected chi connectivity index (χ0v) is 15.4. The fraction of sp³-hybridized carbons (Fsp3) is 0.300. The van der Waals surface area contributed by atoms with Crippen LogP contribution in [0.15, 0.2) is 42.5 Å². The topological polar surface area (TPSA) is 77.1 Å². The van der Waals surface area contributed by atoms with Crippen molar-refractivity contribution < 1.29 is 23.8 Å². The van der Waals surface area contributed by atoms with Gasteiger partial charge in [-0.2, -0.15) is 0 Å². The average Bonchev–Trinajstić information content (AvgIpc) is 2.73. The fourth-order valence-corrected chi connectivity index (χ4v) is 2.93. The van der Waals surface area contributed by atoms with Crippen LogP contribution in [0.2, 0.25) is 0 Å². The maximum atomic E-state index is 12.5. The van der Waals surface area contributed by atoms with Gasteiger partial charge < -0.3 is 24.4 Å². The van der Waals surface area contributed by atoms with E-state index in [1.165, 1.54) is 7.11 Å². The van der Waals surface area contributed by atoms with E-state index in [1.54, 1.807) is 43.5 Å². The highest BCUT2D eigenvalue weighted by Crippen LogP contribution is 2.26. The third-order valence-corrected chi connectivity index (χ3v) is 4.34. The van der Waals surface area contributed by atoms with Crippen molar-refractivity contribution in [2.75, 3.05) is 50.7 Å². The van der Waals surface area contributed by atoms with Gasteiger partial charge in [0.2, 0.25) is 0 Å². The van der Waals surface area contributed by atoms with Gasteiger partial charge in [0.05, 0.1) is 38.7 Å². The summed E-state index contributed by atoms with van der Waals surface area (Å²) in [6.45, 7) is 2.60. The highest BCUT2D eigenvalue weighted by molar-refractivity contribution is 6.05. The summed E-state index contributed by atoms with van der Waals surface area (Å²) >= 11 is 0. The Hall–Kier alpha value is -3.06. The van der Waals surface area contributed by atoms with Crippen LogP contribution in [0.4, 0.5) is 11.4 Å². The van der Waals surface area contributed by atoms with Crippen LogP contribution in [-0.2, 0) is 9.47 Å². The van der Waals surface area contributed by atoms with Crippen molar-refractivity contribution in [2.24, 2.45) is 0 Å². The second-order valence-corrected chi connectivity index (χ2v) is 6.01. The van der Waals surface area contributed by atoms with Gasteiger partial charge in [-0.1, -0.05) is 6.07 Å². The number of amides is 1. The van der Waals surface area contributed by atoms with E-state index in [1.807, 2.05) is 6.07 Å². The summed E-state index contributed by atoms with van der Waals surface area (Å²) in [5.74, 6) is -0.140. The van der Waals surface area contributed by atoms with Crippen molar-refractivity contribution in [3.63, 3.8) is 0 Å². The van der Waals surface area contributed by atoms with E-state index < -0.39 is 5.97 Å². The Kier molecular flexibility index (Phi) is 5.93. The lowest BCUT2D eigenvalue weighted by atomic mass is 10.1. The van der Waals surface area contributed by atoms with Crippen molar-refractivity contribution in [1.29, 1.82) is 0 Å². The van der Waals surface area contributed by atoms with Crippen LogP contribution >= 0.6 is 0 Å². The second kappa shape index (κ2) is 8.55. The van der Waals surface area contributed by atoms with Crippen molar-refractivity contribution >= 4 is 23.3 Å². The highest BCUT2D eigenvalue weighted by atomic mass is 16.5. The SMILES string of the molecule is COC(=O)c1cc(NC(=O)c2cccc(OC)c2)ccc1N1CCOCC1. The molecule has 0 spiro atoms. The van der Waals surface area contributed by atoms with Crippen LogP contribution in [-0.4, -0.2) is 52.4 Å². The molecular formula is C20H22N2O5. The van der Waals surface area contributed by atoms with Crippen molar-refractivity contribution in [3.8, 4) is 5.75 Å². The zero-order chi connectivity index (χ0) is 19.2. The van der Waals surface area contributed by atoms with Crippen LogP contribution in [0.1, 0.15) is 20.7 Å². The molecule has 0 saturated carbocycles. The van der Waals surface area contributed by atoms with Gasteiger partial charge in [-0.25, -0.2) is 4.79 Å². The molecule has 1 heterocycles. The summed E-state index contributed by atoms with van der Waals surface area (Å²) in [5.41, 5.74) is 2.15. The summed E-state index contributed by atoms with van der Waals surface area (Å²) in [6.07, 6.45) is 0. The number of hydrogen-bond acceptors (Lipinski definition) is 6. The molecule has 7 heteroatoms. The Morgan fingerprint density at radius 1 is 1.07 bits per heavy atom. The van der Waals surface area contributed by atoms with Crippen LogP contribution in [0.25, 0.3) is 0 Å². The molecule has 0 bridgehead atoms. The molecule has 0 unspecified atom stereocenters. The van der Waals surface area contributed by atoms with Gasteiger partial charge in [0.1, 0.15) is 5.75 Å². The Morgan fingerprint density at radius 2 is 1.85 bits per heavy atom. The molecular weight excluding hydrogens is 348 g/mol. The van der Waals surface area contributed by atoms with Crippen molar-refractivity contribution in [3.05, 3.63) is 53.6 Å². The molecule has 7 nitrogen and oxygen atoms in total. The second-order valence-electron chi connectivity index (χ2n) is 6.01. The van der Waals surface area contributed by atoms with E-state index in [4.69, 9.17) is 14.2 Å². The Labute approximate surface area is 157 Å². The number of nitrogens with zero attached hydrogens (tertiary/aromatic N) is 1. The molecule has 0 radical (unpaired) electrons. The van der Waals surface area contributed by atoms with Crippen LogP contribution in [0.5, 0.6) is 5.75 Å². The number of rotatable bonds is 5. The van der Waals surface area contributed by atoms with Crippen LogP contribution < -0.4 is 15.0 Å². The van der Waals surface area contributed by atoms with Gasteiger partial charge in [0.25, 0.3) is 5.91 Å². The third kappa shape index (κ3) is 4.38. The molecule has 3 rings (SSSR count). The lowest BCUT2D eigenvalue weighted by Gasteiger charge is -2.30. The van der Waals surface area contributed by atoms with E-state index in [0.29, 0.717) is 48.9 Å². The summed E-state index contributed by atoms with van der Waals surface area (Å²) < 4.78 is 15.4. The molecule has 27 heavy (non-hydrogen) atoms. The minimum Gasteiger partial charge on any atom is -0.497 e. The number of hydrogen-bond donors (Lipinski definition) is 1. The third-order valence-electron chi connectivity index (χ3n) is 4.34. The van der Waals surface area contributed by atoms with Gasteiger partial charge in [-0.3, -0.25) is 4.79 Å². The Balaban J connectivity index is 1.85. The minimum absolute atomic E-state index is 0.288. The maximum absolute atomic E-state index is 12.5. The van der Waals surface area contributed by atoms with E-state index in [2.05, 4.69) is 10.2 Å². The molecule has 1 fully saturated rings. The monoisotopic (exact) mass is 370 g/mol. The molecule has 2 aromatic carbocycles. The van der Waals surface area contributed by atoms with Crippen LogP contribution in [0.3, 0.4) is 0 Å². The number of carbonyl (C=O) groups excluding carboxylic acids is 2. The maximum Gasteiger partial charge on any atom is 0.340 e. The largest absolute Gasteiger partial charge is 0.497 e. The van der Waals surface area contributed by atoms with Crippen molar-refractivity contribution in [2.45, 2.75) is 0 Å². The van der Waals surface area contributed by atoms with Gasteiger partial charge in [-0.15, -0.1) is 0 Å². The standard InChI is InChI=1S/C20H22N2O5/c1-25-16-5-3-4-14(12-16)19(23)21-15-6-7-18(17(13-15)20(24)26-2)22-8-10-27-11-9-22/h3-7,12-13H,8-11H2,1-2H3,(H,21,23). The van der Waals surface area contributed by atoms with Gasteiger partial charge in [0.15, 0.2) is 0 Å². The van der Waals surface area contributed by atoms with Crippen LogP contribution in [0, 0.1) is 0 Å². The number of ether oxygens (including phenoxy) is 3. The Bertz CT molecular complexity index is 831. The molecule has 0 atom stereocenters. The Morgan fingerprint density at radius 3 is 2.56 bits per heavy atom. The van der Waals surface area contributed by atoms with E-state index >= 15 is 0 Å². The minimum atomic E-state index is -0.450. The predicted molar refractivity (Wildman–Crippen MR) is 102 cm³/mol. The fourth-order valence-electron chi connectivity index (χ4n) is 2.93. The first-order chi connectivity index (χ1) is 13.1. The number of carbonyl (C=O) groups is 2. The normalized spacial score (nSPS) is 13.8. The summed E-state index contributed by atoms with van der Waals surface area (Å²) in [7, 11) is 2.89. The first kappa shape index (κ1) is 18.7. The van der Waals surface area contributed by atoms with E-state index in [9.17, 15) is 9.59 Å². The molecule has 1 aliphatic heterocycles. The molecule has 0 aliphatic carbocycles. The molecule has 1 aliphatic rings. The average molecular weight is 370 g/mol. The molecule has 2 aromatic rings. The lowest BCUT2D eigenvalue weighted by molar-refractivity contribution is 0.0600. The van der Waals surface area contributed by atoms with E-state index in [-0.39, 0.29) is 5.91 Å². The first-order valence-electron chi connectivity index (χ1n) is 8.63. The smallest absolute Gasteiger partial charge is 0.340 e. The summed E-state index contributed by atoms with van der Waals surface area (Å²) in [6, 6.07) is 12.1. The number of benzene rings is 2. The van der Waals surface area contributed by atoms with Gasteiger partial charge in [0, 0.05) is 24.3 Å². The molecule has 1 amide bonds. The van der Waals surface area contributed by atoms with Gasteiger partial charge >= 0.3 is 5.97 Å². The van der Waals surface area contributed by atoms with Gasteiger partial charge in [-0.05, 0) is 36.4 Å². The number of esters is 1. The molecule has 142 valence electrons. The predicted octanol–water partition coefficient (Wildman–Crippen LogP) is 2.57. The summed E-state index contributed by atoms with van der Waals surface area (Å²) in [5, 5.41) is 2.81. The van der Waals surface area contributed by atoms with Crippen molar-refractivity contribution in [1.82, 2.24) is 0 Å². The lowest BCUT2D eigenvalue weighted by Crippen LogP contribution is -2.37. The highest BCUT2D eigenvalue weighted by Gasteiger charge is 2.20.